The molecule has 1 aliphatic heterocycles. The summed E-state index contributed by atoms with van der Waals surface area (Å²) in [5.41, 5.74) is 7.14. The van der Waals surface area contributed by atoms with Gasteiger partial charge >= 0.3 is 0 Å². The van der Waals surface area contributed by atoms with Gasteiger partial charge in [-0.25, -0.2) is 0 Å². The SMILES string of the molecule is CN(CC(=O)N1CC(C(N)=O)Oc2ccccc21)Cc1ccccc1Br. The molecule has 2 aromatic carbocycles. The van der Waals surface area contributed by atoms with E-state index in [9.17, 15) is 9.59 Å². The fraction of sp³-hybridized carbons (Fsp3) is 0.263. The summed E-state index contributed by atoms with van der Waals surface area (Å²) in [5, 5.41) is 0. The second-order valence-corrected chi connectivity index (χ2v) is 7.10. The average molecular weight is 418 g/mol. The highest BCUT2D eigenvalue weighted by atomic mass is 79.9. The molecule has 1 aliphatic rings. The Morgan fingerprint density at radius 1 is 1.23 bits per heavy atom. The predicted molar refractivity (Wildman–Crippen MR) is 103 cm³/mol. The topological polar surface area (TPSA) is 75.9 Å². The second-order valence-electron chi connectivity index (χ2n) is 6.24. The number of carbonyl (C=O) groups is 2. The summed E-state index contributed by atoms with van der Waals surface area (Å²) in [4.78, 5) is 28.0. The van der Waals surface area contributed by atoms with E-state index in [1.807, 2.05) is 42.3 Å². The molecule has 26 heavy (non-hydrogen) atoms. The summed E-state index contributed by atoms with van der Waals surface area (Å²) in [6.07, 6.45) is -0.845. The van der Waals surface area contributed by atoms with Crippen LogP contribution < -0.4 is 15.4 Å². The maximum absolute atomic E-state index is 12.9. The van der Waals surface area contributed by atoms with Crippen molar-refractivity contribution in [2.24, 2.45) is 5.73 Å². The minimum atomic E-state index is -0.845. The number of hydrogen-bond donors (Lipinski definition) is 1. The molecule has 0 saturated carbocycles. The lowest BCUT2D eigenvalue weighted by molar-refractivity contribution is -0.125. The predicted octanol–water partition coefficient (Wildman–Crippen LogP) is 2.16. The molecule has 0 fully saturated rings. The van der Waals surface area contributed by atoms with E-state index < -0.39 is 12.0 Å². The van der Waals surface area contributed by atoms with Gasteiger partial charge in [0.15, 0.2) is 6.10 Å². The second kappa shape index (κ2) is 7.88. The summed E-state index contributed by atoms with van der Waals surface area (Å²) < 4.78 is 6.61. The first-order valence-electron chi connectivity index (χ1n) is 8.23. The number of likely N-dealkylation sites (N-methyl/N-ethyl adjacent to an activating group) is 1. The van der Waals surface area contributed by atoms with Crippen LogP contribution in [-0.4, -0.2) is 43.0 Å². The third-order valence-electron chi connectivity index (χ3n) is 4.20. The Bertz CT molecular complexity index is 827. The summed E-state index contributed by atoms with van der Waals surface area (Å²) in [6, 6.07) is 15.1. The normalized spacial score (nSPS) is 16.1. The molecule has 0 spiro atoms. The zero-order chi connectivity index (χ0) is 18.7. The fourth-order valence-corrected chi connectivity index (χ4v) is 3.32. The lowest BCUT2D eigenvalue weighted by Gasteiger charge is -2.34. The molecule has 0 aliphatic carbocycles. The monoisotopic (exact) mass is 417 g/mol. The number of nitrogens with two attached hydrogens (primary N) is 1. The van der Waals surface area contributed by atoms with Crippen LogP contribution >= 0.6 is 15.9 Å². The van der Waals surface area contributed by atoms with E-state index in [0.717, 1.165) is 10.0 Å². The van der Waals surface area contributed by atoms with Crippen molar-refractivity contribution in [1.29, 1.82) is 0 Å². The third kappa shape index (κ3) is 4.05. The third-order valence-corrected chi connectivity index (χ3v) is 4.97. The van der Waals surface area contributed by atoms with Gasteiger partial charge in [-0.15, -0.1) is 0 Å². The number of anilines is 1. The highest BCUT2D eigenvalue weighted by Gasteiger charge is 2.32. The maximum atomic E-state index is 12.9. The smallest absolute Gasteiger partial charge is 0.260 e. The number of fused-ring (bicyclic) bond motifs is 1. The number of amides is 2. The van der Waals surface area contributed by atoms with Crippen LogP contribution in [0.3, 0.4) is 0 Å². The van der Waals surface area contributed by atoms with Gasteiger partial charge in [-0.3, -0.25) is 14.5 Å². The summed E-state index contributed by atoms with van der Waals surface area (Å²) >= 11 is 3.52. The Hall–Kier alpha value is -2.38. The van der Waals surface area contributed by atoms with Crippen molar-refractivity contribution >= 4 is 33.4 Å². The molecule has 2 amide bonds. The van der Waals surface area contributed by atoms with Gasteiger partial charge in [-0.1, -0.05) is 46.3 Å². The molecule has 136 valence electrons. The number of nitrogens with zero attached hydrogens (tertiary/aromatic N) is 2. The molecule has 1 unspecified atom stereocenters. The Morgan fingerprint density at radius 2 is 1.92 bits per heavy atom. The molecule has 6 nitrogen and oxygen atoms in total. The number of primary amides is 1. The molecular formula is C19H20BrN3O3. The standard InChI is InChI=1S/C19H20BrN3O3/c1-22(10-13-6-2-3-7-14(13)20)12-18(24)23-11-17(19(21)25)26-16-9-5-4-8-15(16)23/h2-9,17H,10-12H2,1H3,(H2,21,25). The molecule has 2 N–H and O–H groups in total. The molecule has 0 radical (unpaired) electrons. The van der Waals surface area contributed by atoms with Crippen LogP contribution in [0, 0.1) is 0 Å². The van der Waals surface area contributed by atoms with Crippen molar-refractivity contribution in [2.75, 3.05) is 25.0 Å². The molecule has 0 bridgehead atoms. The van der Waals surface area contributed by atoms with E-state index in [4.69, 9.17) is 10.5 Å². The molecule has 0 aromatic heterocycles. The Kier molecular flexibility index (Phi) is 5.58. The summed E-state index contributed by atoms with van der Waals surface area (Å²) in [7, 11) is 1.88. The zero-order valence-electron chi connectivity index (χ0n) is 14.4. The largest absolute Gasteiger partial charge is 0.477 e. The Morgan fingerprint density at radius 3 is 2.65 bits per heavy atom. The lowest BCUT2D eigenvalue weighted by atomic mass is 10.1. The van der Waals surface area contributed by atoms with Crippen molar-refractivity contribution in [3.63, 3.8) is 0 Å². The first-order chi connectivity index (χ1) is 12.5. The number of halogens is 1. The summed E-state index contributed by atoms with van der Waals surface area (Å²) in [6.45, 7) is 0.952. The zero-order valence-corrected chi connectivity index (χ0v) is 16.0. The van der Waals surface area contributed by atoms with Crippen molar-refractivity contribution in [2.45, 2.75) is 12.6 Å². The van der Waals surface area contributed by atoms with E-state index in [-0.39, 0.29) is 19.0 Å². The van der Waals surface area contributed by atoms with Gasteiger partial charge in [-0.2, -0.15) is 0 Å². The summed E-state index contributed by atoms with van der Waals surface area (Å²) in [5.74, 6) is -0.204. The molecule has 7 heteroatoms. The van der Waals surface area contributed by atoms with E-state index in [2.05, 4.69) is 15.9 Å². The van der Waals surface area contributed by atoms with Crippen molar-refractivity contribution in [1.82, 2.24) is 4.90 Å². The van der Waals surface area contributed by atoms with Crippen LogP contribution in [-0.2, 0) is 16.1 Å². The van der Waals surface area contributed by atoms with Crippen LogP contribution in [0.1, 0.15) is 5.56 Å². The van der Waals surface area contributed by atoms with Gasteiger partial charge in [-0.05, 0) is 30.8 Å². The molecule has 1 atom stereocenters. The van der Waals surface area contributed by atoms with Crippen LogP contribution in [0.5, 0.6) is 5.75 Å². The number of benzene rings is 2. The highest BCUT2D eigenvalue weighted by molar-refractivity contribution is 9.10. The Labute approximate surface area is 160 Å². The van der Waals surface area contributed by atoms with E-state index in [1.54, 1.807) is 23.1 Å². The molecule has 0 saturated heterocycles. The average Bonchev–Trinajstić information content (AvgIpc) is 2.62. The van der Waals surface area contributed by atoms with Gasteiger partial charge in [0.2, 0.25) is 5.91 Å². The molecule has 2 aromatic rings. The van der Waals surface area contributed by atoms with Crippen LogP contribution in [0.25, 0.3) is 0 Å². The first kappa shape index (κ1) is 18.4. The number of hydrogen-bond acceptors (Lipinski definition) is 4. The van der Waals surface area contributed by atoms with Gasteiger partial charge in [0.25, 0.3) is 5.91 Å². The molecule has 1 heterocycles. The van der Waals surface area contributed by atoms with Crippen LogP contribution in [0.4, 0.5) is 5.69 Å². The van der Waals surface area contributed by atoms with Crippen LogP contribution in [0.15, 0.2) is 53.0 Å². The van der Waals surface area contributed by atoms with Gasteiger partial charge < -0.3 is 15.4 Å². The number of rotatable bonds is 5. The Balaban J connectivity index is 1.74. The number of para-hydroxylation sites is 2. The minimum absolute atomic E-state index is 0.110. The fourth-order valence-electron chi connectivity index (χ4n) is 2.91. The van der Waals surface area contributed by atoms with Crippen molar-refractivity contribution in [3.05, 3.63) is 58.6 Å². The quantitative estimate of drug-likeness (QED) is 0.808. The number of ether oxygens (including phenoxy) is 1. The van der Waals surface area contributed by atoms with Gasteiger partial charge in [0, 0.05) is 11.0 Å². The van der Waals surface area contributed by atoms with Gasteiger partial charge in [0.05, 0.1) is 18.8 Å². The highest BCUT2D eigenvalue weighted by Crippen LogP contribution is 2.33. The lowest BCUT2D eigenvalue weighted by Crippen LogP contribution is -2.51. The maximum Gasteiger partial charge on any atom is 0.260 e. The number of carbonyl (C=O) groups excluding carboxylic acids is 2. The van der Waals surface area contributed by atoms with E-state index in [1.165, 1.54) is 0 Å². The van der Waals surface area contributed by atoms with Gasteiger partial charge in [0.1, 0.15) is 5.75 Å². The van der Waals surface area contributed by atoms with Crippen LogP contribution in [0.2, 0.25) is 0 Å². The van der Waals surface area contributed by atoms with E-state index in [0.29, 0.717) is 18.0 Å². The molecular weight excluding hydrogens is 398 g/mol. The van der Waals surface area contributed by atoms with Crippen molar-refractivity contribution < 1.29 is 14.3 Å². The minimum Gasteiger partial charge on any atom is -0.477 e. The van der Waals surface area contributed by atoms with Crippen molar-refractivity contribution in [3.8, 4) is 5.75 Å². The van der Waals surface area contributed by atoms with E-state index >= 15 is 0 Å². The first-order valence-corrected chi connectivity index (χ1v) is 9.02. The molecule has 3 rings (SSSR count).